The van der Waals surface area contributed by atoms with E-state index in [1.54, 1.807) is 7.11 Å². The minimum absolute atomic E-state index is 0.513. The molecule has 0 aromatic carbocycles. The molecule has 82 valence electrons. The van der Waals surface area contributed by atoms with Gasteiger partial charge in [-0.2, -0.15) is 4.98 Å². The van der Waals surface area contributed by atoms with E-state index in [0.717, 1.165) is 5.82 Å². The highest BCUT2D eigenvalue weighted by Crippen LogP contribution is 2.29. The summed E-state index contributed by atoms with van der Waals surface area (Å²) in [5, 5.41) is 0. The van der Waals surface area contributed by atoms with E-state index in [1.807, 2.05) is 12.1 Å². The average Bonchev–Trinajstić information content (AvgIpc) is 2.15. The third kappa shape index (κ3) is 1.84. The van der Waals surface area contributed by atoms with Gasteiger partial charge in [-0.3, -0.25) is 0 Å². The number of nitrogens with zero attached hydrogens (tertiary/aromatic N) is 2. The van der Waals surface area contributed by atoms with E-state index in [9.17, 15) is 0 Å². The lowest BCUT2D eigenvalue weighted by molar-refractivity contribution is 0.388. The van der Waals surface area contributed by atoms with Crippen molar-refractivity contribution in [3.05, 3.63) is 12.1 Å². The van der Waals surface area contributed by atoms with E-state index in [1.165, 1.54) is 19.3 Å². The third-order valence-corrected chi connectivity index (χ3v) is 3.05. The molecule has 4 heteroatoms. The normalized spacial score (nSPS) is 15.9. The van der Waals surface area contributed by atoms with Crippen molar-refractivity contribution in [3.8, 4) is 5.88 Å². The second kappa shape index (κ2) is 3.96. The van der Waals surface area contributed by atoms with Crippen molar-refractivity contribution in [3.63, 3.8) is 0 Å². The highest BCUT2D eigenvalue weighted by atomic mass is 16.5. The van der Waals surface area contributed by atoms with Crippen LogP contribution in [0.2, 0.25) is 0 Å². The Bertz CT molecular complexity index is 350. The Balaban J connectivity index is 2.20. The van der Waals surface area contributed by atoms with Gasteiger partial charge in [0.1, 0.15) is 5.82 Å². The summed E-state index contributed by atoms with van der Waals surface area (Å²) >= 11 is 0. The maximum Gasteiger partial charge on any atom is 0.238 e. The minimum Gasteiger partial charge on any atom is -0.479 e. The summed E-state index contributed by atoms with van der Waals surface area (Å²) in [6.07, 6.45) is 3.83. The van der Waals surface area contributed by atoms with Gasteiger partial charge >= 0.3 is 0 Å². The Kier molecular flexibility index (Phi) is 2.66. The van der Waals surface area contributed by atoms with E-state index in [4.69, 9.17) is 10.5 Å². The van der Waals surface area contributed by atoms with Crippen molar-refractivity contribution in [1.82, 2.24) is 4.98 Å². The quantitative estimate of drug-likeness (QED) is 0.819. The van der Waals surface area contributed by atoms with Gasteiger partial charge in [-0.05, 0) is 31.4 Å². The first-order chi connectivity index (χ1) is 7.22. The number of hydrogen-bond acceptors (Lipinski definition) is 4. The van der Waals surface area contributed by atoms with E-state index in [0.29, 0.717) is 17.6 Å². The number of methoxy groups -OCH3 is 1. The van der Waals surface area contributed by atoms with Crippen LogP contribution in [0, 0.1) is 0 Å². The zero-order chi connectivity index (χ0) is 10.8. The third-order valence-electron chi connectivity index (χ3n) is 3.05. The first-order valence-corrected chi connectivity index (χ1v) is 5.25. The molecule has 2 N–H and O–H groups in total. The summed E-state index contributed by atoms with van der Waals surface area (Å²) in [5.41, 5.74) is 6.30. The topological polar surface area (TPSA) is 51.4 Å². The fourth-order valence-corrected chi connectivity index (χ4v) is 1.76. The fourth-order valence-electron chi connectivity index (χ4n) is 1.76. The maximum atomic E-state index is 5.72. The smallest absolute Gasteiger partial charge is 0.238 e. The molecule has 0 amide bonds. The molecule has 2 rings (SSSR count). The van der Waals surface area contributed by atoms with Crippen LogP contribution >= 0.6 is 0 Å². The van der Waals surface area contributed by atoms with Crippen LogP contribution in [-0.4, -0.2) is 25.2 Å². The number of nitrogen functional groups attached to an aromatic ring is 1. The van der Waals surface area contributed by atoms with Crippen molar-refractivity contribution in [2.45, 2.75) is 25.3 Å². The maximum absolute atomic E-state index is 5.72. The number of nitrogens with two attached hydrogens (primary N) is 1. The fraction of sp³-hybridized carbons (Fsp3) is 0.545. The largest absolute Gasteiger partial charge is 0.479 e. The van der Waals surface area contributed by atoms with E-state index < -0.39 is 0 Å². The summed E-state index contributed by atoms with van der Waals surface area (Å²) in [5.74, 6) is 1.45. The number of aromatic nitrogens is 1. The number of pyridine rings is 1. The van der Waals surface area contributed by atoms with Gasteiger partial charge in [0, 0.05) is 13.1 Å². The first-order valence-electron chi connectivity index (χ1n) is 5.25. The molecule has 0 unspecified atom stereocenters. The van der Waals surface area contributed by atoms with Gasteiger partial charge in [-0.1, -0.05) is 0 Å². The van der Waals surface area contributed by atoms with Gasteiger partial charge in [0.05, 0.1) is 12.8 Å². The lowest BCUT2D eigenvalue weighted by Crippen LogP contribution is -2.37. The van der Waals surface area contributed by atoms with Gasteiger partial charge in [-0.15, -0.1) is 0 Å². The molecule has 1 aliphatic rings. The van der Waals surface area contributed by atoms with Crippen LogP contribution in [0.25, 0.3) is 0 Å². The van der Waals surface area contributed by atoms with Crippen molar-refractivity contribution < 1.29 is 4.74 Å². The SMILES string of the molecule is COc1nc(N(C)C2CCC2)ccc1N. The highest BCUT2D eigenvalue weighted by molar-refractivity contribution is 5.54. The van der Waals surface area contributed by atoms with Gasteiger partial charge in [0.15, 0.2) is 0 Å². The molecule has 4 nitrogen and oxygen atoms in total. The molecule has 0 bridgehead atoms. The van der Waals surface area contributed by atoms with Crippen molar-refractivity contribution in [2.75, 3.05) is 24.8 Å². The predicted octanol–water partition coefficient (Wildman–Crippen LogP) is 1.66. The van der Waals surface area contributed by atoms with Gasteiger partial charge in [0.2, 0.25) is 5.88 Å². The molecule has 1 fully saturated rings. The monoisotopic (exact) mass is 207 g/mol. The zero-order valence-corrected chi connectivity index (χ0v) is 9.23. The zero-order valence-electron chi connectivity index (χ0n) is 9.23. The Hall–Kier alpha value is -1.45. The van der Waals surface area contributed by atoms with Crippen LogP contribution in [0.15, 0.2) is 12.1 Å². The molecule has 0 aliphatic heterocycles. The van der Waals surface area contributed by atoms with Crippen molar-refractivity contribution in [1.29, 1.82) is 0 Å². The van der Waals surface area contributed by atoms with Crippen LogP contribution in [0.5, 0.6) is 5.88 Å². The number of hydrogen-bond donors (Lipinski definition) is 1. The molecule has 1 aromatic rings. The Labute approximate surface area is 90.0 Å². The van der Waals surface area contributed by atoms with Crippen LogP contribution < -0.4 is 15.4 Å². The summed E-state index contributed by atoms with van der Waals surface area (Å²) < 4.78 is 5.10. The van der Waals surface area contributed by atoms with Crippen LogP contribution in [-0.2, 0) is 0 Å². The summed E-state index contributed by atoms with van der Waals surface area (Å²) in [7, 11) is 3.66. The number of ether oxygens (including phenoxy) is 1. The Morgan fingerprint density at radius 2 is 2.20 bits per heavy atom. The molecule has 1 aromatic heterocycles. The second-order valence-electron chi connectivity index (χ2n) is 3.96. The van der Waals surface area contributed by atoms with Gasteiger partial charge < -0.3 is 15.4 Å². The van der Waals surface area contributed by atoms with Gasteiger partial charge in [-0.25, -0.2) is 0 Å². The Morgan fingerprint density at radius 1 is 1.47 bits per heavy atom. The summed E-state index contributed by atoms with van der Waals surface area (Å²) in [6.45, 7) is 0. The van der Waals surface area contributed by atoms with Crippen LogP contribution in [0.1, 0.15) is 19.3 Å². The molecule has 0 atom stereocenters. The molecular weight excluding hydrogens is 190 g/mol. The molecule has 1 saturated carbocycles. The van der Waals surface area contributed by atoms with E-state index in [2.05, 4.69) is 16.9 Å². The standard InChI is InChI=1S/C11H17N3O/c1-14(8-4-3-5-8)10-7-6-9(12)11(13-10)15-2/h6-8H,3-5,12H2,1-2H3. The average molecular weight is 207 g/mol. The Morgan fingerprint density at radius 3 is 2.73 bits per heavy atom. The molecule has 0 spiro atoms. The molecule has 1 heterocycles. The van der Waals surface area contributed by atoms with Crippen LogP contribution in [0.4, 0.5) is 11.5 Å². The minimum atomic E-state index is 0.513. The van der Waals surface area contributed by atoms with Crippen LogP contribution in [0.3, 0.4) is 0 Å². The first kappa shape index (κ1) is 10.1. The molecule has 0 saturated heterocycles. The second-order valence-corrected chi connectivity index (χ2v) is 3.96. The number of rotatable bonds is 3. The molecule has 1 aliphatic carbocycles. The lowest BCUT2D eigenvalue weighted by Gasteiger charge is -2.35. The molecule has 0 radical (unpaired) electrons. The highest BCUT2D eigenvalue weighted by Gasteiger charge is 2.23. The summed E-state index contributed by atoms with van der Waals surface area (Å²) in [4.78, 5) is 6.57. The van der Waals surface area contributed by atoms with Gasteiger partial charge in [0.25, 0.3) is 0 Å². The predicted molar refractivity (Wildman–Crippen MR) is 61.2 cm³/mol. The van der Waals surface area contributed by atoms with E-state index >= 15 is 0 Å². The summed E-state index contributed by atoms with van der Waals surface area (Å²) in [6, 6.07) is 4.41. The van der Waals surface area contributed by atoms with Crippen molar-refractivity contribution >= 4 is 11.5 Å². The van der Waals surface area contributed by atoms with E-state index in [-0.39, 0.29) is 0 Å². The van der Waals surface area contributed by atoms with Crippen molar-refractivity contribution in [2.24, 2.45) is 0 Å². The molecule has 15 heavy (non-hydrogen) atoms. The lowest BCUT2D eigenvalue weighted by atomic mass is 9.92. The molecular formula is C11H17N3O. The number of anilines is 2.